The molecule has 0 unspecified atom stereocenters. The zero-order valence-electron chi connectivity index (χ0n) is 11.4. The van der Waals surface area contributed by atoms with Gasteiger partial charge in [-0.1, -0.05) is 22.9 Å². The Hall–Kier alpha value is -2.14. The maximum atomic E-state index is 12.9. The molecule has 0 bridgehead atoms. The molecule has 3 rings (SSSR count). The van der Waals surface area contributed by atoms with Gasteiger partial charge in [-0.05, 0) is 43.3 Å². The number of nitrogens with zero attached hydrogens (tertiary/aromatic N) is 2. The highest BCUT2D eigenvalue weighted by Gasteiger charge is 2.09. The van der Waals surface area contributed by atoms with E-state index in [9.17, 15) is 4.39 Å². The van der Waals surface area contributed by atoms with Crippen LogP contribution >= 0.6 is 11.8 Å². The van der Waals surface area contributed by atoms with Gasteiger partial charge < -0.3 is 4.52 Å². The summed E-state index contributed by atoms with van der Waals surface area (Å²) < 4.78 is 18.1. The van der Waals surface area contributed by atoms with E-state index in [0.29, 0.717) is 17.5 Å². The number of aryl methyl sites for hydroxylation is 1. The van der Waals surface area contributed by atoms with Crippen molar-refractivity contribution in [1.29, 1.82) is 0 Å². The summed E-state index contributed by atoms with van der Waals surface area (Å²) in [5, 5.41) is 3.95. The molecule has 106 valence electrons. The Morgan fingerprint density at radius 2 is 1.95 bits per heavy atom. The minimum atomic E-state index is -0.284. The van der Waals surface area contributed by atoms with E-state index in [1.54, 1.807) is 23.9 Å². The number of benzene rings is 2. The summed E-state index contributed by atoms with van der Waals surface area (Å²) in [5.74, 6) is 1.39. The number of hydrogen-bond donors (Lipinski definition) is 0. The Kier molecular flexibility index (Phi) is 4.01. The third-order valence-electron chi connectivity index (χ3n) is 2.92. The van der Waals surface area contributed by atoms with Gasteiger partial charge in [-0.25, -0.2) is 4.39 Å². The molecule has 0 spiro atoms. The van der Waals surface area contributed by atoms with Crippen LogP contribution in [0.25, 0.3) is 11.5 Å². The van der Waals surface area contributed by atoms with Crippen molar-refractivity contribution in [3.05, 3.63) is 65.7 Å². The number of hydrogen-bond acceptors (Lipinski definition) is 4. The molecule has 5 heteroatoms. The number of halogens is 1. The average molecular weight is 300 g/mol. The fraction of sp³-hybridized carbons (Fsp3) is 0.125. The molecule has 3 nitrogen and oxygen atoms in total. The number of thioether (sulfide) groups is 1. The molecule has 0 saturated heterocycles. The van der Waals surface area contributed by atoms with Crippen LogP contribution < -0.4 is 0 Å². The standard InChI is InChI=1S/C16H13FN2OS/c1-11-3-2-4-14(9-11)21-10-15-18-16(20-19-15)12-5-7-13(17)8-6-12/h2-9H,10H2,1H3. The second kappa shape index (κ2) is 6.10. The van der Waals surface area contributed by atoms with Crippen LogP contribution in [-0.4, -0.2) is 10.1 Å². The summed E-state index contributed by atoms with van der Waals surface area (Å²) in [4.78, 5) is 5.50. The lowest BCUT2D eigenvalue weighted by atomic mass is 10.2. The van der Waals surface area contributed by atoms with Crippen LogP contribution in [0.5, 0.6) is 0 Å². The Morgan fingerprint density at radius 1 is 1.14 bits per heavy atom. The highest BCUT2D eigenvalue weighted by atomic mass is 32.2. The summed E-state index contributed by atoms with van der Waals surface area (Å²) in [6.07, 6.45) is 0. The van der Waals surface area contributed by atoms with Crippen LogP contribution in [0.4, 0.5) is 4.39 Å². The number of rotatable bonds is 4. The summed E-state index contributed by atoms with van der Waals surface area (Å²) >= 11 is 1.65. The topological polar surface area (TPSA) is 38.9 Å². The maximum absolute atomic E-state index is 12.9. The zero-order chi connectivity index (χ0) is 14.7. The quantitative estimate of drug-likeness (QED) is 0.666. The second-order valence-electron chi connectivity index (χ2n) is 4.63. The van der Waals surface area contributed by atoms with Crippen molar-refractivity contribution in [3.63, 3.8) is 0 Å². The van der Waals surface area contributed by atoms with Crippen molar-refractivity contribution in [2.24, 2.45) is 0 Å². The third-order valence-corrected chi connectivity index (χ3v) is 3.91. The summed E-state index contributed by atoms with van der Waals surface area (Å²) in [5.41, 5.74) is 1.94. The van der Waals surface area contributed by atoms with Gasteiger partial charge in [0.05, 0.1) is 5.75 Å². The van der Waals surface area contributed by atoms with Crippen molar-refractivity contribution in [2.45, 2.75) is 17.6 Å². The first-order valence-electron chi connectivity index (χ1n) is 6.49. The van der Waals surface area contributed by atoms with Gasteiger partial charge in [0.15, 0.2) is 5.82 Å². The first-order chi connectivity index (χ1) is 10.2. The normalized spacial score (nSPS) is 10.8. The predicted molar refractivity (Wildman–Crippen MR) is 80.4 cm³/mol. The van der Waals surface area contributed by atoms with Crippen LogP contribution in [0, 0.1) is 12.7 Å². The van der Waals surface area contributed by atoms with Gasteiger partial charge in [-0.3, -0.25) is 0 Å². The molecular weight excluding hydrogens is 287 g/mol. The minimum absolute atomic E-state index is 0.284. The van der Waals surface area contributed by atoms with E-state index >= 15 is 0 Å². The molecular formula is C16H13FN2OS. The molecule has 2 aromatic carbocycles. The van der Waals surface area contributed by atoms with E-state index in [2.05, 4.69) is 35.3 Å². The van der Waals surface area contributed by atoms with Crippen molar-refractivity contribution in [3.8, 4) is 11.5 Å². The van der Waals surface area contributed by atoms with Crippen molar-refractivity contribution >= 4 is 11.8 Å². The molecule has 0 N–H and O–H groups in total. The van der Waals surface area contributed by atoms with E-state index in [0.717, 1.165) is 5.56 Å². The van der Waals surface area contributed by atoms with E-state index in [4.69, 9.17) is 4.52 Å². The molecule has 0 fully saturated rings. The lowest BCUT2D eigenvalue weighted by Crippen LogP contribution is -1.85. The smallest absolute Gasteiger partial charge is 0.257 e. The molecule has 0 amide bonds. The summed E-state index contributed by atoms with van der Waals surface area (Å²) in [6, 6.07) is 14.3. The first kappa shape index (κ1) is 13.8. The summed E-state index contributed by atoms with van der Waals surface area (Å²) in [7, 11) is 0. The second-order valence-corrected chi connectivity index (χ2v) is 5.68. The van der Waals surface area contributed by atoms with Gasteiger partial charge in [-0.15, -0.1) is 11.8 Å². The fourth-order valence-electron chi connectivity index (χ4n) is 1.88. The van der Waals surface area contributed by atoms with Crippen molar-refractivity contribution < 1.29 is 8.91 Å². The van der Waals surface area contributed by atoms with E-state index in [1.807, 2.05) is 6.07 Å². The van der Waals surface area contributed by atoms with E-state index < -0.39 is 0 Å². The molecule has 0 aliphatic carbocycles. The van der Waals surface area contributed by atoms with Crippen LogP contribution in [0.1, 0.15) is 11.4 Å². The molecule has 1 heterocycles. The lowest BCUT2D eigenvalue weighted by Gasteiger charge is -1.99. The van der Waals surface area contributed by atoms with Gasteiger partial charge in [0, 0.05) is 10.5 Å². The Morgan fingerprint density at radius 3 is 2.71 bits per heavy atom. The van der Waals surface area contributed by atoms with Gasteiger partial charge in [0.25, 0.3) is 5.89 Å². The van der Waals surface area contributed by atoms with Crippen molar-refractivity contribution in [1.82, 2.24) is 10.1 Å². The predicted octanol–water partition coefficient (Wildman–Crippen LogP) is 4.48. The van der Waals surface area contributed by atoms with Gasteiger partial charge >= 0.3 is 0 Å². The third kappa shape index (κ3) is 3.49. The van der Waals surface area contributed by atoms with E-state index in [1.165, 1.54) is 22.6 Å². The first-order valence-corrected chi connectivity index (χ1v) is 7.47. The Bertz CT molecular complexity index is 740. The van der Waals surface area contributed by atoms with Crippen molar-refractivity contribution in [2.75, 3.05) is 0 Å². The Labute approximate surface area is 126 Å². The lowest BCUT2D eigenvalue weighted by molar-refractivity contribution is 0.425. The molecule has 21 heavy (non-hydrogen) atoms. The highest BCUT2D eigenvalue weighted by Crippen LogP contribution is 2.24. The van der Waals surface area contributed by atoms with Crippen LogP contribution in [0.2, 0.25) is 0 Å². The maximum Gasteiger partial charge on any atom is 0.257 e. The zero-order valence-corrected chi connectivity index (χ0v) is 12.2. The molecule has 0 aliphatic rings. The highest BCUT2D eigenvalue weighted by molar-refractivity contribution is 7.98. The van der Waals surface area contributed by atoms with Crippen LogP contribution in [-0.2, 0) is 5.75 Å². The fourth-order valence-corrected chi connectivity index (χ4v) is 2.73. The van der Waals surface area contributed by atoms with Gasteiger partial charge in [0.1, 0.15) is 5.82 Å². The van der Waals surface area contributed by atoms with Gasteiger partial charge in [-0.2, -0.15) is 4.98 Å². The monoisotopic (exact) mass is 300 g/mol. The van der Waals surface area contributed by atoms with E-state index in [-0.39, 0.29) is 5.82 Å². The summed E-state index contributed by atoms with van der Waals surface area (Å²) in [6.45, 7) is 2.06. The SMILES string of the molecule is Cc1cccc(SCc2noc(-c3ccc(F)cc3)n2)c1. The van der Waals surface area contributed by atoms with Crippen LogP contribution in [0.3, 0.4) is 0 Å². The Balaban J connectivity index is 1.69. The molecule has 0 atom stereocenters. The largest absolute Gasteiger partial charge is 0.334 e. The molecule has 1 aromatic heterocycles. The minimum Gasteiger partial charge on any atom is -0.334 e. The average Bonchev–Trinajstić information content (AvgIpc) is 2.95. The molecule has 0 saturated carbocycles. The molecule has 0 radical (unpaired) electrons. The van der Waals surface area contributed by atoms with Crippen LogP contribution in [0.15, 0.2) is 57.9 Å². The molecule has 3 aromatic rings. The molecule has 0 aliphatic heterocycles. The number of aromatic nitrogens is 2. The van der Waals surface area contributed by atoms with Gasteiger partial charge in [0.2, 0.25) is 0 Å².